The van der Waals surface area contributed by atoms with Gasteiger partial charge in [0.2, 0.25) is 0 Å². The van der Waals surface area contributed by atoms with Gasteiger partial charge in [-0.2, -0.15) is 0 Å². The number of benzene rings is 2. The van der Waals surface area contributed by atoms with Crippen LogP contribution in [-0.4, -0.2) is 21.9 Å². The molecular formula is C21H20ClN5O2S. The first-order valence-corrected chi connectivity index (χ1v) is 10.4. The molecule has 0 aliphatic rings. The van der Waals surface area contributed by atoms with Crippen molar-refractivity contribution in [3.63, 3.8) is 0 Å². The molecule has 2 aromatic carbocycles. The average molecular weight is 442 g/mol. The van der Waals surface area contributed by atoms with Crippen LogP contribution in [0.1, 0.15) is 27.3 Å². The number of anilines is 1. The molecule has 0 aliphatic carbocycles. The van der Waals surface area contributed by atoms with Gasteiger partial charge in [-0.1, -0.05) is 41.6 Å². The third-order valence-electron chi connectivity index (χ3n) is 3.92. The standard InChI is InChI=1S/C21H20ClN5O2S/c1-13-10-14(2)24-21(23-13)30-12-15-6-8-16(9-7-15)19(28)26-27-20(29)25-18-5-3-4-17(22)11-18/h3-11H,12H2,1-2H3,(H,26,28)(H2,25,27,29). The van der Waals surface area contributed by atoms with E-state index in [0.29, 0.717) is 22.0 Å². The van der Waals surface area contributed by atoms with Crippen molar-refractivity contribution < 1.29 is 9.59 Å². The van der Waals surface area contributed by atoms with Crippen LogP contribution in [0, 0.1) is 13.8 Å². The molecule has 0 spiro atoms. The summed E-state index contributed by atoms with van der Waals surface area (Å²) in [6.45, 7) is 3.88. The highest BCUT2D eigenvalue weighted by molar-refractivity contribution is 7.98. The minimum atomic E-state index is -0.577. The Hall–Kier alpha value is -3.10. The lowest BCUT2D eigenvalue weighted by Crippen LogP contribution is -2.43. The maximum Gasteiger partial charge on any atom is 0.337 e. The Morgan fingerprint density at radius 1 is 0.967 bits per heavy atom. The fourth-order valence-electron chi connectivity index (χ4n) is 2.57. The maximum absolute atomic E-state index is 12.2. The van der Waals surface area contributed by atoms with Gasteiger partial charge in [0.05, 0.1) is 0 Å². The number of urea groups is 1. The molecule has 30 heavy (non-hydrogen) atoms. The van der Waals surface area contributed by atoms with E-state index >= 15 is 0 Å². The molecule has 0 radical (unpaired) electrons. The Morgan fingerprint density at radius 3 is 2.33 bits per heavy atom. The zero-order valence-corrected chi connectivity index (χ0v) is 18.0. The van der Waals surface area contributed by atoms with Gasteiger partial charge in [-0.3, -0.25) is 10.2 Å². The van der Waals surface area contributed by atoms with Crippen molar-refractivity contribution in [2.45, 2.75) is 24.8 Å². The van der Waals surface area contributed by atoms with Crippen molar-refractivity contribution in [2.24, 2.45) is 0 Å². The van der Waals surface area contributed by atoms with Gasteiger partial charge in [-0.25, -0.2) is 20.2 Å². The fraction of sp³-hybridized carbons (Fsp3) is 0.143. The molecule has 0 aliphatic heterocycles. The van der Waals surface area contributed by atoms with Gasteiger partial charge in [-0.05, 0) is 55.8 Å². The van der Waals surface area contributed by atoms with Gasteiger partial charge < -0.3 is 5.32 Å². The van der Waals surface area contributed by atoms with Crippen LogP contribution in [0.5, 0.6) is 0 Å². The van der Waals surface area contributed by atoms with Crippen molar-refractivity contribution in [1.82, 2.24) is 20.8 Å². The largest absolute Gasteiger partial charge is 0.337 e. The normalized spacial score (nSPS) is 10.4. The minimum absolute atomic E-state index is 0.423. The molecule has 0 fully saturated rings. The molecule has 1 heterocycles. The van der Waals surface area contributed by atoms with Crippen molar-refractivity contribution in [2.75, 3.05) is 5.32 Å². The maximum atomic E-state index is 12.2. The zero-order chi connectivity index (χ0) is 21.5. The van der Waals surface area contributed by atoms with E-state index < -0.39 is 11.9 Å². The number of aromatic nitrogens is 2. The Labute approximate surface area is 183 Å². The zero-order valence-electron chi connectivity index (χ0n) is 16.4. The Kier molecular flexibility index (Phi) is 7.26. The second-order valence-corrected chi connectivity index (χ2v) is 7.84. The summed E-state index contributed by atoms with van der Waals surface area (Å²) in [5.74, 6) is 0.263. The highest BCUT2D eigenvalue weighted by atomic mass is 35.5. The van der Waals surface area contributed by atoms with E-state index in [-0.39, 0.29) is 0 Å². The van der Waals surface area contributed by atoms with Gasteiger partial charge in [0.1, 0.15) is 0 Å². The molecule has 0 unspecified atom stereocenters. The van der Waals surface area contributed by atoms with Gasteiger partial charge in [0, 0.05) is 33.4 Å². The number of carbonyl (C=O) groups is 2. The highest BCUT2D eigenvalue weighted by Crippen LogP contribution is 2.20. The molecule has 0 saturated heterocycles. The molecule has 154 valence electrons. The number of thioether (sulfide) groups is 1. The Bertz CT molecular complexity index is 1040. The second-order valence-electron chi connectivity index (χ2n) is 6.46. The van der Waals surface area contributed by atoms with Crippen LogP contribution in [0.2, 0.25) is 5.02 Å². The fourth-order valence-corrected chi connectivity index (χ4v) is 3.67. The molecule has 9 heteroatoms. The van der Waals surface area contributed by atoms with E-state index in [4.69, 9.17) is 11.6 Å². The van der Waals surface area contributed by atoms with E-state index in [2.05, 4.69) is 26.1 Å². The number of hydrazine groups is 1. The third kappa shape index (κ3) is 6.47. The summed E-state index contributed by atoms with van der Waals surface area (Å²) in [4.78, 5) is 32.9. The topological polar surface area (TPSA) is 96.0 Å². The summed E-state index contributed by atoms with van der Waals surface area (Å²) >= 11 is 7.40. The molecule has 3 rings (SSSR count). The number of aryl methyl sites for hydroxylation is 2. The summed E-state index contributed by atoms with van der Waals surface area (Å²) < 4.78 is 0. The first kappa shape index (κ1) is 21.6. The number of amides is 3. The predicted molar refractivity (Wildman–Crippen MR) is 119 cm³/mol. The third-order valence-corrected chi connectivity index (χ3v) is 5.07. The molecule has 3 amide bonds. The van der Waals surface area contributed by atoms with Crippen molar-refractivity contribution in [1.29, 1.82) is 0 Å². The Balaban J connectivity index is 1.49. The molecule has 1 aromatic heterocycles. The summed E-state index contributed by atoms with van der Waals surface area (Å²) in [6.07, 6.45) is 0. The van der Waals surface area contributed by atoms with Gasteiger partial charge in [0.15, 0.2) is 5.16 Å². The smallest absolute Gasteiger partial charge is 0.307 e. The van der Waals surface area contributed by atoms with Crippen LogP contribution in [0.15, 0.2) is 59.8 Å². The molecule has 7 nitrogen and oxygen atoms in total. The quantitative estimate of drug-likeness (QED) is 0.307. The number of nitrogens with zero attached hydrogens (tertiary/aromatic N) is 2. The molecule has 0 saturated carbocycles. The molecule has 0 bridgehead atoms. The molecule has 3 N–H and O–H groups in total. The highest BCUT2D eigenvalue weighted by Gasteiger charge is 2.08. The van der Waals surface area contributed by atoms with Crippen molar-refractivity contribution in [3.05, 3.63) is 82.1 Å². The van der Waals surface area contributed by atoms with Crippen molar-refractivity contribution >= 4 is 41.0 Å². The lowest BCUT2D eigenvalue weighted by Gasteiger charge is -2.09. The lowest BCUT2D eigenvalue weighted by molar-refractivity contribution is 0.0938. The van der Waals surface area contributed by atoms with Gasteiger partial charge in [-0.15, -0.1) is 0 Å². The summed E-state index contributed by atoms with van der Waals surface area (Å²) in [5, 5.41) is 3.80. The summed E-state index contributed by atoms with van der Waals surface area (Å²) in [5.41, 5.74) is 8.52. The average Bonchev–Trinajstić information content (AvgIpc) is 2.70. The lowest BCUT2D eigenvalue weighted by atomic mass is 10.1. The number of halogens is 1. The first-order chi connectivity index (χ1) is 14.4. The number of nitrogens with one attached hydrogen (secondary N) is 3. The van der Waals surface area contributed by atoms with Crippen LogP contribution in [0.3, 0.4) is 0 Å². The van der Waals surface area contributed by atoms with Crippen LogP contribution >= 0.6 is 23.4 Å². The second kappa shape index (κ2) is 10.1. The number of rotatable bonds is 5. The van der Waals surface area contributed by atoms with E-state index in [1.54, 1.807) is 36.4 Å². The summed E-state index contributed by atoms with van der Waals surface area (Å²) in [7, 11) is 0. The first-order valence-electron chi connectivity index (χ1n) is 9.06. The molecule has 3 aromatic rings. The van der Waals surface area contributed by atoms with Gasteiger partial charge in [0.25, 0.3) is 5.91 Å². The van der Waals surface area contributed by atoms with E-state index in [9.17, 15) is 9.59 Å². The number of hydrogen-bond donors (Lipinski definition) is 3. The van der Waals surface area contributed by atoms with E-state index in [0.717, 1.165) is 22.1 Å². The Morgan fingerprint density at radius 2 is 1.67 bits per heavy atom. The van der Waals surface area contributed by atoms with E-state index in [1.165, 1.54) is 11.8 Å². The van der Waals surface area contributed by atoms with E-state index in [1.807, 2.05) is 32.0 Å². The molecule has 0 atom stereocenters. The molecular weight excluding hydrogens is 422 g/mol. The SMILES string of the molecule is Cc1cc(C)nc(SCc2ccc(C(=O)NNC(=O)Nc3cccc(Cl)c3)cc2)n1. The van der Waals surface area contributed by atoms with Crippen LogP contribution in [0.4, 0.5) is 10.5 Å². The summed E-state index contributed by atoms with van der Waals surface area (Å²) in [6, 6.07) is 15.2. The predicted octanol–water partition coefficient (Wildman–Crippen LogP) is 4.51. The van der Waals surface area contributed by atoms with Gasteiger partial charge >= 0.3 is 6.03 Å². The number of hydrogen-bond acceptors (Lipinski definition) is 5. The minimum Gasteiger partial charge on any atom is -0.307 e. The number of carbonyl (C=O) groups excluding carboxylic acids is 2. The van der Waals surface area contributed by atoms with Crippen LogP contribution in [-0.2, 0) is 5.75 Å². The van der Waals surface area contributed by atoms with Crippen LogP contribution in [0.25, 0.3) is 0 Å². The van der Waals surface area contributed by atoms with Crippen molar-refractivity contribution in [3.8, 4) is 0 Å². The monoisotopic (exact) mass is 441 g/mol. The van der Waals surface area contributed by atoms with Crippen LogP contribution < -0.4 is 16.2 Å².